The van der Waals surface area contributed by atoms with Crippen LogP contribution in [0.4, 0.5) is 0 Å². The Morgan fingerprint density at radius 2 is 1.86 bits per heavy atom. The Labute approximate surface area is 128 Å². The fourth-order valence-electron chi connectivity index (χ4n) is 2.93. The SMILES string of the molecule is C/C=C/[C@](CCCO)(c1ccc(OC)c(OC)c1)C(C)C. The van der Waals surface area contributed by atoms with Crippen LogP contribution in [0.15, 0.2) is 30.4 Å². The molecule has 0 bridgehead atoms. The number of hydrogen-bond donors (Lipinski definition) is 1. The van der Waals surface area contributed by atoms with Gasteiger partial charge in [-0.2, -0.15) is 0 Å². The largest absolute Gasteiger partial charge is 0.493 e. The van der Waals surface area contributed by atoms with E-state index in [1.165, 1.54) is 5.56 Å². The average molecular weight is 292 g/mol. The molecule has 0 unspecified atom stereocenters. The lowest BCUT2D eigenvalue weighted by atomic mass is 9.68. The Hall–Kier alpha value is -1.48. The normalized spacial score (nSPS) is 14.4. The Balaban J connectivity index is 3.36. The van der Waals surface area contributed by atoms with Gasteiger partial charge < -0.3 is 14.6 Å². The van der Waals surface area contributed by atoms with Crippen LogP contribution in [0.1, 0.15) is 39.2 Å². The van der Waals surface area contributed by atoms with Crippen molar-refractivity contribution in [2.24, 2.45) is 5.92 Å². The van der Waals surface area contributed by atoms with E-state index >= 15 is 0 Å². The van der Waals surface area contributed by atoms with E-state index in [1.54, 1.807) is 14.2 Å². The molecule has 0 aliphatic carbocycles. The van der Waals surface area contributed by atoms with Gasteiger partial charge in [0.15, 0.2) is 11.5 Å². The minimum absolute atomic E-state index is 0.100. The molecule has 1 rings (SSSR count). The third-order valence-corrected chi connectivity index (χ3v) is 4.16. The van der Waals surface area contributed by atoms with Crippen LogP contribution in [-0.4, -0.2) is 25.9 Å². The van der Waals surface area contributed by atoms with E-state index in [0.29, 0.717) is 5.92 Å². The standard InChI is InChI=1S/C18H28O3/c1-6-10-18(14(2)3,11-7-12-19)15-8-9-16(20-4)17(13-15)21-5/h6,8-10,13-14,19H,7,11-12H2,1-5H3/b10-6+/t18-/m1/s1. The smallest absolute Gasteiger partial charge is 0.161 e. The van der Waals surface area contributed by atoms with Crippen LogP contribution >= 0.6 is 0 Å². The second-order valence-electron chi connectivity index (χ2n) is 5.59. The summed E-state index contributed by atoms with van der Waals surface area (Å²) in [4.78, 5) is 0. The van der Waals surface area contributed by atoms with E-state index in [4.69, 9.17) is 9.47 Å². The molecule has 0 aromatic heterocycles. The summed E-state index contributed by atoms with van der Waals surface area (Å²) in [5.74, 6) is 1.90. The van der Waals surface area contributed by atoms with Crippen LogP contribution in [0.25, 0.3) is 0 Å². The van der Waals surface area contributed by atoms with Gasteiger partial charge in [0.05, 0.1) is 14.2 Å². The van der Waals surface area contributed by atoms with Gasteiger partial charge in [-0.3, -0.25) is 0 Å². The predicted molar refractivity (Wildman–Crippen MR) is 87.2 cm³/mol. The monoisotopic (exact) mass is 292 g/mol. The molecule has 0 heterocycles. The van der Waals surface area contributed by atoms with Gasteiger partial charge in [0.25, 0.3) is 0 Å². The molecule has 3 nitrogen and oxygen atoms in total. The minimum atomic E-state index is -0.100. The molecule has 0 fully saturated rings. The van der Waals surface area contributed by atoms with Crippen molar-refractivity contribution >= 4 is 0 Å². The zero-order valence-corrected chi connectivity index (χ0v) is 13.8. The summed E-state index contributed by atoms with van der Waals surface area (Å²) in [6.07, 6.45) is 6.01. The quantitative estimate of drug-likeness (QED) is 0.737. The van der Waals surface area contributed by atoms with Crippen LogP contribution in [0.5, 0.6) is 11.5 Å². The Morgan fingerprint density at radius 1 is 1.19 bits per heavy atom. The van der Waals surface area contributed by atoms with Crippen molar-refractivity contribution < 1.29 is 14.6 Å². The molecule has 0 aliphatic heterocycles. The van der Waals surface area contributed by atoms with E-state index in [-0.39, 0.29) is 12.0 Å². The van der Waals surface area contributed by atoms with Gasteiger partial charge in [-0.15, -0.1) is 0 Å². The summed E-state index contributed by atoms with van der Waals surface area (Å²) in [5, 5.41) is 9.24. The lowest BCUT2D eigenvalue weighted by Crippen LogP contribution is -2.30. The zero-order chi connectivity index (χ0) is 15.9. The van der Waals surface area contributed by atoms with Crippen molar-refractivity contribution in [1.82, 2.24) is 0 Å². The van der Waals surface area contributed by atoms with Crippen LogP contribution in [-0.2, 0) is 5.41 Å². The number of aliphatic hydroxyl groups excluding tert-OH is 1. The van der Waals surface area contributed by atoms with E-state index in [1.807, 2.05) is 13.0 Å². The maximum atomic E-state index is 9.24. The topological polar surface area (TPSA) is 38.7 Å². The summed E-state index contributed by atoms with van der Waals surface area (Å²) in [5.41, 5.74) is 1.10. The molecule has 1 aromatic carbocycles. The first-order valence-electron chi connectivity index (χ1n) is 7.53. The van der Waals surface area contributed by atoms with E-state index in [2.05, 4.69) is 38.1 Å². The molecule has 0 spiro atoms. The second kappa shape index (κ2) is 8.08. The second-order valence-corrected chi connectivity index (χ2v) is 5.59. The first kappa shape index (κ1) is 17.6. The Morgan fingerprint density at radius 3 is 2.33 bits per heavy atom. The van der Waals surface area contributed by atoms with Crippen molar-refractivity contribution in [3.63, 3.8) is 0 Å². The Kier molecular flexibility index (Phi) is 6.76. The highest BCUT2D eigenvalue weighted by Gasteiger charge is 2.33. The minimum Gasteiger partial charge on any atom is -0.493 e. The first-order valence-corrected chi connectivity index (χ1v) is 7.53. The third-order valence-electron chi connectivity index (χ3n) is 4.16. The summed E-state index contributed by atoms with van der Waals surface area (Å²) < 4.78 is 10.8. The van der Waals surface area contributed by atoms with Crippen LogP contribution in [0.2, 0.25) is 0 Å². The molecule has 1 atom stereocenters. The highest BCUT2D eigenvalue weighted by molar-refractivity contribution is 5.47. The maximum Gasteiger partial charge on any atom is 0.161 e. The van der Waals surface area contributed by atoms with E-state index in [9.17, 15) is 5.11 Å². The molecule has 1 N–H and O–H groups in total. The number of aliphatic hydroxyl groups is 1. The van der Waals surface area contributed by atoms with Crippen molar-refractivity contribution in [3.05, 3.63) is 35.9 Å². The molecule has 0 aliphatic rings. The number of ether oxygens (including phenoxy) is 2. The van der Waals surface area contributed by atoms with Crippen LogP contribution in [0.3, 0.4) is 0 Å². The van der Waals surface area contributed by atoms with Crippen molar-refractivity contribution in [3.8, 4) is 11.5 Å². The molecule has 0 amide bonds. The summed E-state index contributed by atoms with van der Waals surface area (Å²) in [6, 6.07) is 6.10. The molecule has 3 heteroatoms. The predicted octanol–water partition coefficient (Wildman–Crippen LogP) is 3.95. The summed E-state index contributed by atoms with van der Waals surface area (Å²) in [7, 11) is 3.30. The lowest BCUT2D eigenvalue weighted by Gasteiger charge is -2.36. The van der Waals surface area contributed by atoms with Gasteiger partial charge >= 0.3 is 0 Å². The highest BCUT2D eigenvalue weighted by Crippen LogP contribution is 2.41. The van der Waals surface area contributed by atoms with E-state index in [0.717, 1.165) is 24.3 Å². The fourth-order valence-corrected chi connectivity index (χ4v) is 2.93. The van der Waals surface area contributed by atoms with Gasteiger partial charge in [0.2, 0.25) is 0 Å². The zero-order valence-electron chi connectivity index (χ0n) is 13.8. The summed E-state index contributed by atoms with van der Waals surface area (Å²) >= 11 is 0. The third kappa shape index (κ3) is 3.79. The number of allylic oxidation sites excluding steroid dienone is 2. The molecule has 0 saturated carbocycles. The number of methoxy groups -OCH3 is 2. The molecule has 21 heavy (non-hydrogen) atoms. The van der Waals surface area contributed by atoms with Crippen LogP contribution < -0.4 is 9.47 Å². The molecular formula is C18H28O3. The highest BCUT2D eigenvalue weighted by atomic mass is 16.5. The van der Waals surface area contributed by atoms with Crippen molar-refractivity contribution in [2.45, 2.75) is 39.0 Å². The Bertz CT molecular complexity index is 466. The number of rotatable bonds is 8. The maximum absolute atomic E-state index is 9.24. The van der Waals surface area contributed by atoms with Crippen LogP contribution in [0, 0.1) is 5.92 Å². The molecular weight excluding hydrogens is 264 g/mol. The first-order chi connectivity index (χ1) is 10.1. The number of hydrogen-bond acceptors (Lipinski definition) is 3. The number of benzene rings is 1. The molecule has 118 valence electrons. The molecule has 1 aromatic rings. The van der Waals surface area contributed by atoms with Gasteiger partial charge in [-0.1, -0.05) is 32.1 Å². The summed E-state index contributed by atoms with van der Waals surface area (Å²) in [6.45, 7) is 6.68. The fraction of sp³-hybridized carbons (Fsp3) is 0.556. The van der Waals surface area contributed by atoms with Crippen molar-refractivity contribution in [2.75, 3.05) is 20.8 Å². The van der Waals surface area contributed by atoms with Gasteiger partial charge in [-0.05, 0) is 43.4 Å². The van der Waals surface area contributed by atoms with Gasteiger partial charge in [-0.25, -0.2) is 0 Å². The van der Waals surface area contributed by atoms with E-state index < -0.39 is 0 Å². The average Bonchev–Trinajstić information content (AvgIpc) is 2.50. The lowest BCUT2D eigenvalue weighted by molar-refractivity contribution is 0.253. The molecule has 0 saturated heterocycles. The van der Waals surface area contributed by atoms with Gasteiger partial charge in [0.1, 0.15) is 0 Å². The van der Waals surface area contributed by atoms with Gasteiger partial charge in [0, 0.05) is 12.0 Å². The van der Waals surface area contributed by atoms with Crippen molar-refractivity contribution in [1.29, 1.82) is 0 Å². The molecule has 0 radical (unpaired) electrons.